The first kappa shape index (κ1) is 10.3. The lowest BCUT2D eigenvalue weighted by atomic mass is 10.4. The van der Waals surface area contributed by atoms with Gasteiger partial charge < -0.3 is 5.73 Å². The van der Waals surface area contributed by atoms with Crippen molar-refractivity contribution in [1.82, 2.24) is 9.78 Å². The van der Waals surface area contributed by atoms with Gasteiger partial charge in [0.2, 0.25) is 0 Å². The van der Waals surface area contributed by atoms with Gasteiger partial charge in [-0.2, -0.15) is 5.10 Å². The highest BCUT2D eigenvalue weighted by Crippen LogP contribution is 2.10. The maximum absolute atomic E-state index is 5.60. The molecule has 1 rings (SSSR count). The van der Waals surface area contributed by atoms with E-state index in [9.17, 15) is 0 Å². The van der Waals surface area contributed by atoms with Gasteiger partial charge in [0.15, 0.2) is 0 Å². The molecule has 0 saturated heterocycles. The van der Waals surface area contributed by atoms with Crippen LogP contribution >= 0.6 is 12.4 Å². The Kier molecular flexibility index (Phi) is 3.39. The molecule has 1 aromatic rings. The summed E-state index contributed by atoms with van der Waals surface area (Å²) in [5.41, 5.74) is 7.28. The molecule has 0 amide bonds. The van der Waals surface area contributed by atoms with Crippen LogP contribution in [0.5, 0.6) is 0 Å². The minimum absolute atomic E-state index is 0. The summed E-state index contributed by atoms with van der Waals surface area (Å²) in [6.45, 7) is 6.06. The fourth-order valence-electron chi connectivity index (χ4n) is 0.760. The van der Waals surface area contributed by atoms with Crippen LogP contribution in [0.15, 0.2) is 6.20 Å². The molecule has 0 aromatic carbocycles. The lowest BCUT2D eigenvalue weighted by Gasteiger charge is -2.02. The number of anilines is 1. The highest BCUT2D eigenvalue weighted by atomic mass is 35.5. The summed E-state index contributed by atoms with van der Waals surface area (Å²) in [4.78, 5) is 0. The van der Waals surface area contributed by atoms with Crippen molar-refractivity contribution >= 4 is 18.1 Å². The van der Waals surface area contributed by atoms with Gasteiger partial charge in [-0.1, -0.05) is 0 Å². The first-order valence-electron chi connectivity index (χ1n) is 3.42. The van der Waals surface area contributed by atoms with E-state index in [1.165, 1.54) is 0 Å². The molecule has 0 saturated carbocycles. The Morgan fingerprint density at radius 2 is 2.09 bits per heavy atom. The second-order valence-corrected chi connectivity index (χ2v) is 2.74. The Labute approximate surface area is 73.0 Å². The molecule has 64 valence electrons. The quantitative estimate of drug-likeness (QED) is 0.707. The smallest absolute Gasteiger partial charge is 0.0823 e. The van der Waals surface area contributed by atoms with Crippen LogP contribution in [-0.2, 0) is 0 Å². The van der Waals surface area contributed by atoms with Crippen LogP contribution < -0.4 is 5.73 Å². The summed E-state index contributed by atoms with van der Waals surface area (Å²) in [7, 11) is 0. The molecule has 0 aliphatic carbocycles. The van der Waals surface area contributed by atoms with Crippen molar-refractivity contribution in [3.8, 4) is 0 Å². The van der Waals surface area contributed by atoms with Crippen molar-refractivity contribution in [2.45, 2.75) is 26.8 Å². The summed E-state index contributed by atoms with van der Waals surface area (Å²) in [5, 5.41) is 4.20. The zero-order chi connectivity index (χ0) is 7.72. The van der Waals surface area contributed by atoms with Crippen molar-refractivity contribution in [1.29, 1.82) is 0 Å². The second-order valence-electron chi connectivity index (χ2n) is 2.74. The molecule has 0 aliphatic heterocycles. The summed E-state index contributed by atoms with van der Waals surface area (Å²) in [6.07, 6.45) is 1.86. The van der Waals surface area contributed by atoms with Crippen molar-refractivity contribution in [2.24, 2.45) is 0 Å². The van der Waals surface area contributed by atoms with Gasteiger partial charge in [0.25, 0.3) is 0 Å². The van der Waals surface area contributed by atoms with Crippen LogP contribution in [0.3, 0.4) is 0 Å². The fourth-order valence-corrected chi connectivity index (χ4v) is 0.760. The third-order valence-corrected chi connectivity index (χ3v) is 1.48. The Bertz CT molecular complexity index is 210. The predicted octanol–water partition coefficient (Wildman–Crippen LogP) is 1.78. The maximum Gasteiger partial charge on any atom is 0.0823 e. The Balaban J connectivity index is 0.000001000. The number of aryl methyl sites for hydroxylation is 1. The summed E-state index contributed by atoms with van der Waals surface area (Å²) >= 11 is 0. The molecule has 0 aliphatic rings. The van der Waals surface area contributed by atoms with Crippen LogP contribution in [0, 0.1) is 6.92 Å². The maximum atomic E-state index is 5.60. The number of rotatable bonds is 1. The molecule has 0 unspecified atom stereocenters. The standard InChI is InChI=1S/C7H13N3.ClH/c1-5(2)10-4-7(8)6(3)9-10;/h4-5H,8H2,1-3H3;1H. The van der Waals surface area contributed by atoms with E-state index >= 15 is 0 Å². The van der Waals surface area contributed by atoms with Crippen molar-refractivity contribution in [3.63, 3.8) is 0 Å². The van der Waals surface area contributed by atoms with Crippen LogP contribution in [0.2, 0.25) is 0 Å². The van der Waals surface area contributed by atoms with E-state index in [1.54, 1.807) is 0 Å². The molecule has 3 nitrogen and oxygen atoms in total. The largest absolute Gasteiger partial charge is 0.396 e. The summed E-state index contributed by atoms with van der Waals surface area (Å²) in [5.74, 6) is 0. The number of hydrogen-bond donors (Lipinski definition) is 1. The number of nitrogens with two attached hydrogens (primary N) is 1. The number of nitrogens with zero attached hydrogens (tertiary/aromatic N) is 2. The van der Waals surface area contributed by atoms with E-state index in [2.05, 4.69) is 18.9 Å². The molecule has 11 heavy (non-hydrogen) atoms. The van der Waals surface area contributed by atoms with Crippen molar-refractivity contribution < 1.29 is 0 Å². The molecular weight excluding hydrogens is 162 g/mol. The van der Waals surface area contributed by atoms with Gasteiger partial charge in [0, 0.05) is 12.2 Å². The van der Waals surface area contributed by atoms with E-state index < -0.39 is 0 Å². The average Bonchev–Trinajstić information content (AvgIpc) is 2.13. The molecule has 0 fully saturated rings. The third kappa shape index (κ3) is 2.12. The van der Waals surface area contributed by atoms with Gasteiger partial charge in [-0.3, -0.25) is 4.68 Å². The van der Waals surface area contributed by atoms with Gasteiger partial charge >= 0.3 is 0 Å². The number of halogens is 1. The van der Waals surface area contributed by atoms with E-state index in [-0.39, 0.29) is 12.4 Å². The monoisotopic (exact) mass is 175 g/mol. The van der Waals surface area contributed by atoms with Crippen LogP contribution in [-0.4, -0.2) is 9.78 Å². The van der Waals surface area contributed by atoms with Crippen molar-refractivity contribution in [3.05, 3.63) is 11.9 Å². The normalized spacial score (nSPS) is 9.82. The van der Waals surface area contributed by atoms with Gasteiger partial charge in [-0.05, 0) is 20.8 Å². The van der Waals surface area contributed by atoms with Crippen molar-refractivity contribution in [2.75, 3.05) is 5.73 Å². The fraction of sp³-hybridized carbons (Fsp3) is 0.571. The highest BCUT2D eigenvalue weighted by molar-refractivity contribution is 5.85. The zero-order valence-corrected chi connectivity index (χ0v) is 7.85. The minimum Gasteiger partial charge on any atom is -0.396 e. The van der Waals surface area contributed by atoms with Crippen LogP contribution in [0.4, 0.5) is 5.69 Å². The Morgan fingerprint density at radius 3 is 2.27 bits per heavy atom. The summed E-state index contributed by atoms with van der Waals surface area (Å²) < 4.78 is 1.87. The average molecular weight is 176 g/mol. The zero-order valence-electron chi connectivity index (χ0n) is 7.03. The minimum atomic E-state index is 0. The number of nitrogen functional groups attached to an aromatic ring is 1. The molecule has 0 atom stereocenters. The van der Waals surface area contributed by atoms with E-state index in [0.29, 0.717) is 6.04 Å². The Morgan fingerprint density at radius 1 is 1.55 bits per heavy atom. The molecule has 1 heterocycles. The summed E-state index contributed by atoms with van der Waals surface area (Å²) in [6, 6.07) is 0.399. The molecule has 0 bridgehead atoms. The van der Waals surface area contributed by atoms with Gasteiger partial charge in [0.1, 0.15) is 0 Å². The first-order valence-corrected chi connectivity index (χ1v) is 3.42. The van der Waals surface area contributed by atoms with E-state index in [1.807, 2.05) is 17.8 Å². The van der Waals surface area contributed by atoms with E-state index in [0.717, 1.165) is 11.4 Å². The SMILES string of the molecule is Cc1nn(C(C)C)cc1N.Cl. The third-order valence-electron chi connectivity index (χ3n) is 1.48. The lowest BCUT2D eigenvalue weighted by Crippen LogP contribution is -2.00. The molecule has 1 aromatic heterocycles. The molecule has 4 heteroatoms. The van der Waals surface area contributed by atoms with Crippen LogP contribution in [0.25, 0.3) is 0 Å². The van der Waals surface area contributed by atoms with Gasteiger partial charge in [-0.15, -0.1) is 12.4 Å². The van der Waals surface area contributed by atoms with Gasteiger partial charge in [0.05, 0.1) is 11.4 Å². The molecular formula is C7H14ClN3. The lowest BCUT2D eigenvalue weighted by molar-refractivity contribution is 0.529. The second kappa shape index (κ2) is 3.62. The number of hydrogen-bond acceptors (Lipinski definition) is 2. The Hall–Kier alpha value is -0.700. The van der Waals surface area contributed by atoms with E-state index in [4.69, 9.17) is 5.73 Å². The number of aromatic nitrogens is 2. The predicted molar refractivity (Wildman–Crippen MR) is 49.0 cm³/mol. The molecule has 2 N–H and O–H groups in total. The first-order chi connectivity index (χ1) is 4.61. The van der Waals surface area contributed by atoms with Gasteiger partial charge in [-0.25, -0.2) is 0 Å². The van der Waals surface area contributed by atoms with Crippen LogP contribution in [0.1, 0.15) is 25.6 Å². The topological polar surface area (TPSA) is 43.8 Å². The molecule has 0 spiro atoms. The highest BCUT2D eigenvalue weighted by Gasteiger charge is 2.01. The molecule has 0 radical (unpaired) electrons.